The number of rotatable bonds is 5. The first-order valence-electron chi connectivity index (χ1n) is 4.66. The molecule has 3 heteroatoms. The monoisotopic (exact) mass is 233 g/mol. The Morgan fingerprint density at radius 1 is 1.31 bits per heavy atom. The molecule has 1 aromatic heterocycles. The van der Waals surface area contributed by atoms with Gasteiger partial charge in [0.25, 0.3) is 0 Å². The van der Waals surface area contributed by atoms with Gasteiger partial charge >= 0.3 is 0 Å². The average Bonchev–Trinajstić information content (AvgIpc) is 2.26. The molecule has 0 saturated heterocycles. The molecule has 0 amide bonds. The molecule has 0 aromatic carbocycles. The maximum Gasteiger partial charge on any atom is 0.147 e. The van der Waals surface area contributed by atoms with Crippen LogP contribution in [0.15, 0.2) is 67.8 Å². The highest BCUT2D eigenvalue weighted by Crippen LogP contribution is 2.18. The lowest BCUT2D eigenvalue weighted by atomic mass is 10.3. The number of ether oxygens (including phenoxy) is 1. The Morgan fingerprint density at radius 2 is 2.12 bits per heavy atom. The van der Waals surface area contributed by atoms with Crippen LogP contribution in [0.3, 0.4) is 0 Å². The van der Waals surface area contributed by atoms with E-state index in [2.05, 4.69) is 18.1 Å². The Morgan fingerprint density at radius 3 is 2.75 bits per heavy atom. The maximum atomic E-state index is 5.79. The highest BCUT2D eigenvalue weighted by molar-refractivity contribution is 6.30. The third kappa shape index (κ3) is 4.15. The van der Waals surface area contributed by atoms with Crippen molar-refractivity contribution in [2.24, 2.45) is 0 Å². The van der Waals surface area contributed by atoms with E-state index in [4.69, 9.17) is 16.3 Å². The van der Waals surface area contributed by atoms with E-state index in [-0.39, 0.29) is 0 Å². The topological polar surface area (TPSA) is 22.1 Å². The van der Waals surface area contributed by atoms with Crippen LogP contribution in [0.4, 0.5) is 0 Å². The molecular weight excluding hydrogens is 222 g/mol. The van der Waals surface area contributed by atoms with E-state index in [1.807, 2.05) is 0 Å². The van der Waals surface area contributed by atoms with Crippen LogP contribution in [-0.4, -0.2) is 4.98 Å². The molecule has 0 bridgehead atoms. The molecule has 0 fully saturated rings. The van der Waals surface area contributed by atoms with E-state index in [9.17, 15) is 0 Å². The summed E-state index contributed by atoms with van der Waals surface area (Å²) in [4.78, 5) is 3.92. The van der Waals surface area contributed by atoms with E-state index in [0.717, 1.165) is 0 Å². The van der Waals surface area contributed by atoms with Crippen LogP contribution >= 0.6 is 11.6 Å². The molecule has 0 saturated carbocycles. The number of nitrogens with zero attached hydrogens (tertiary/aromatic N) is 1. The van der Waals surface area contributed by atoms with Crippen LogP contribution < -0.4 is 4.74 Å². The van der Waals surface area contributed by atoms with Gasteiger partial charge in [0.05, 0.1) is 11.2 Å². The molecule has 2 nitrogen and oxygen atoms in total. The SMILES string of the molecule is C=C/C=C\C(=C/C=C)Oc1cncc(Cl)c1. The average molecular weight is 234 g/mol. The van der Waals surface area contributed by atoms with Gasteiger partial charge in [0.1, 0.15) is 11.5 Å². The lowest BCUT2D eigenvalue weighted by Gasteiger charge is -2.05. The maximum absolute atomic E-state index is 5.79. The lowest BCUT2D eigenvalue weighted by molar-refractivity contribution is 0.442. The summed E-state index contributed by atoms with van der Waals surface area (Å²) >= 11 is 5.79. The Labute approximate surface area is 100 Å². The van der Waals surface area contributed by atoms with E-state index in [1.54, 1.807) is 48.8 Å². The largest absolute Gasteiger partial charge is 0.456 e. The Kier molecular flexibility index (Phi) is 5.09. The van der Waals surface area contributed by atoms with Crippen molar-refractivity contribution < 1.29 is 4.74 Å². The molecule has 0 aliphatic heterocycles. The van der Waals surface area contributed by atoms with Gasteiger partial charge in [-0.3, -0.25) is 4.98 Å². The highest BCUT2D eigenvalue weighted by Gasteiger charge is 1.97. The van der Waals surface area contributed by atoms with Gasteiger partial charge in [-0.25, -0.2) is 0 Å². The zero-order valence-corrected chi connectivity index (χ0v) is 9.52. The summed E-state index contributed by atoms with van der Waals surface area (Å²) < 4.78 is 5.55. The molecule has 0 N–H and O–H groups in total. The smallest absolute Gasteiger partial charge is 0.147 e. The van der Waals surface area contributed by atoms with Crippen LogP contribution in [0.2, 0.25) is 5.02 Å². The van der Waals surface area contributed by atoms with Crippen molar-refractivity contribution in [2.75, 3.05) is 0 Å². The van der Waals surface area contributed by atoms with E-state index >= 15 is 0 Å². The second-order valence-electron chi connectivity index (χ2n) is 2.84. The van der Waals surface area contributed by atoms with Gasteiger partial charge in [0.2, 0.25) is 0 Å². The summed E-state index contributed by atoms with van der Waals surface area (Å²) in [7, 11) is 0. The first-order chi connectivity index (χ1) is 7.76. The number of hydrogen-bond donors (Lipinski definition) is 0. The summed E-state index contributed by atoms with van der Waals surface area (Å²) in [5.74, 6) is 1.22. The second kappa shape index (κ2) is 6.64. The van der Waals surface area contributed by atoms with Gasteiger partial charge < -0.3 is 4.74 Å². The molecule has 0 aliphatic rings. The highest BCUT2D eigenvalue weighted by atomic mass is 35.5. The van der Waals surface area contributed by atoms with Crippen molar-refractivity contribution in [1.29, 1.82) is 0 Å². The third-order valence-corrected chi connectivity index (χ3v) is 1.80. The van der Waals surface area contributed by atoms with Gasteiger partial charge in [-0.2, -0.15) is 0 Å². The molecule has 0 atom stereocenters. The van der Waals surface area contributed by atoms with Crippen LogP contribution in [0.1, 0.15) is 0 Å². The molecule has 1 rings (SSSR count). The van der Waals surface area contributed by atoms with Crippen molar-refractivity contribution >= 4 is 11.6 Å². The quantitative estimate of drug-likeness (QED) is 0.568. The number of aromatic nitrogens is 1. The lowest BCUT2D eigenvalue weighted by Crippen LogP contribution is -1.92. The van der Waals surface area contributed by atoms with Crippen molar-refractivity contribution in [3.63, 3.8) is 0 Å². The standard InChI is InChI=1S/C13H12ClNO/c1-3-5-7-12(6-4-2)16-13-8-11(14)9-15-10-13/h3-10H,1-2H2/b7-5-,12-6+. The Balaban J connectivity index is 2.83. The molecule has 0 radical (unpaired) electrons. The molecule has 1 heterocycles. The molecule has 82 valence electrons. The van der Waals surface area contributed by atoms with Gasteiger partial charge in [0.15, 0.2) is 0 Å². The zero-order chi connectivity index (χ0) is 11.8. The number of allylic oxidation sites excluding steroid dienone is 5. The summed E-state index contributed by atoms with van der Waals surface area (Å²) in [6, 6.07) is 1.69. The fourth-order valence-corrected chi connectivity index (χ4v) is 1.15. The minimum atomic E-state index is 0.531. The van der Waals surface area contributed by atoms with Gasteiger partial charge in [-0.15, -0.1) is 0 Å². The summed E-state index contributed by atoms with van der Waals surface area (Å²) in [5.41, 5.74) is 0. The van der Waals surface area contributed by atoms with Crippen molar-refractivity contribution in [2.45, 2.75) is 0 Å². The van der Waals surface area contributed by atoms with E-state index in [1.165, 1.54) is 0 Å². The van der Waals surface area contributed by atoms with Crippen molar-refractivity contribution in [3.05, 3.63) is 72.8 Å². The summed E-state index contributed by atoms with van der Waals surface area (Å²) in [6.45, 7) is 7.19. The number of hydrogen-bond acceptors (Lipinski definition) is 2. The minimum Gasteiger partial charge on any atom is -0.456 e. The predicted octanol–water partition coefficient (Wildman–Crippen LogP) is 3.93. The first-order valence-corrected chi connectivity index (χ1v) is 5.04. The van der Waals surface area contributed by atoms with Gasteiger partial charge in [0, 0.05) is 12.3 Å². The fourth-order valence-electron chi connectivity index (χ4n) is 0.987. The number of halogens is 1. The molecular formula is C13H12ClNO. The minimum absolute atomic E-state index is 0.531. The fraction of sp³-hybridized carbons (Fsp3) is 0. The van der Waals surface area contributed by atoms with Crippen LogP contribution in [0.5, 0.6) is 5.75 Å². The number of pyridine rings is 1. The molecule has 1 aromatic rings. The first kappa shape index (κ1) is 12.3. The predicted molar refractivity (Wildman–Crippen MR) is 67.5 cm³/mol. The molecule has 16 heavy (non-hydrogen) atoms. The van der Waals surface area contributed by atoms with Crippen molar-refractivity contribution in [3.8, 4) is 5.75 Å². The summed E-state index contributed by atoms with van der Waals surface area (Å²) in [6.07, 6.45) is 11.7. The van der Waals surface area contributed by atoms with E-state index in [0.29, 0.717) is 16.5 Å². The van der Waals surface area contributed by atoms with Gasteiger partial charge in [-0.05, 0) is 12.2 Å². The van der Waals surface area contributed by atoms with Gasteiger partial charge in [-0.1, -0.05) is 43.0 Å². The second-order valence-corrected chi connectivity index (χ2v) is 3.28. The Bertz CT molecular complexity index is 435. The van der Waals surface area contributed by atoms with Crippen LogP contribution in [0, 0.1) is 0 Å². The van der Waals surface area contributed by atoms with Crippen LogP contribution in [0.25, 0.3) is 0 Å². The molecule has 0 spiro atoms. The molecule has 0 unspecified atom stereocenters. The van der Waals surface area contributed by atoms with E-state index < -0.39 is 0 Å². The zero-order valence-electron chi connectivity index (χ0n) is 8.77. The Hall–Kier alpha value is -1.80. The third-order valence-electron chi connectivity index (χ3n) is 1.59. The van der Waals surface area contributed by atoms with Crippen LogP contribution in [-0.2, 0) is 0 Å². The summed E-state index contributed by atoms with van der Waals surface area (Å²) in [5, 5.41) is 0.531. The molecule has 0 aliphatic carbocycles. The normalized spacial score (nSPS) is 11.4. The van der Waals surface area contributed by atoms with Crippen molar-refractivity contribution in [1.82, 2.24) is 4.98 Å².